The van der Waals surface area contributed by atoms with Crippen LogP contribution in [0.2, 0.25) is 0 Å². The molecule has 0 radical (unpaired) electrons. The fourth-order valence-corrected chi connectivity index (χ4v) is 3.72. The summed E-state index contributed by atoms with van der Waals surface area (Å²) < 4.78 is 24.0. The molecule has 1 fully saturated rings. The molecule has 2 aromatic carbocycles. The third-order valence-corrected chi connectivity index (χ3v) is 5.24. The maximum absolute atomic E-state index is 13.7. The Hall–Kier alpha value is -3.93. The van der Waals surface area contributed by atoms with Gasteiger partial charge in [0, 0.05) is 0 Å². The van der Waals surface area contributed by atoms with Crippen molar-refractivity contribution in [3.05, 3.63) is 62.8 Å². The second-order valence-corrected chi connectivity index (χ2v) is 7.31. The molecule has 2 heterocycles. The fraction of sp³-hybridized carbons (Fsp3) is 0.105. The first kappa shape index (κ1) is 20.3. The molecule has 2 aromatic rings. The molecule has 10 nitrogen and oxygen atoms in total. The Kier molecular flexibility index (Phi) is 5.29. The van der Waals surface area contributed by atoms with Crippen LogP contribution >= 0.6 is 11.8 Å². The lowest BCUT2D eigenvalue weighted by molar-refractivity contribution is -0.385. The first-order chi connectivity index (χ1) is 14.8. The molecule has 4 rings (SSSR count). The molecule has 0 saturated carbocycles. The van der Waals surface area contributed by atoms with Crippen LogP contribution < -0.4 is 14.8 Å². The number of anilines is 1. The van der Waals surface area contributed by atoms with E-state index in [2.05, 4.69) is 5.32 Å². The van der Waals surface area contributed by atoms with E-state index in [1.54, 1.807) is 0 Å². The summed E-state index contributed by atoms with van der Waals surface area (Å²) in [7, 11) is 0. The van der Waals surface area contributed by atoms with Crippen LogP contribution in [0.4, 0.5) is 20.6 Å². The van der Waals surface area contributed by atoms with Crippen molar-refractivity contribution in [1.82, 2.24) is 4.90 Å². The standard InChI is InChI=1S/C19H12FN3O7S/c20-11-3-1-2-4-12(11)21-17(24)8-22-18(25)16(31-19(22)26)6-10-5-14-15(30-9-29-14)7-13(10)23(27)28/h1-7H,8-9H2,(H,21,24)/b16-6-. The summed E-state index contributed by atoms with van der Waals surface area (Å²) in [5.41, 5.74) is -0.394. The van der Waals surface area contributed by atoms with Crippen LogP contribution in [-0.4, -0.2) is 40.2 Å². The second kappa shape index (κ2) is 8.07. The molecule has 0 aliphatic carbocycles. The first-order valence-corrected chi connectivity index (χ1v) is 9.53. The van der Waals surface area contributed by atoms with Gasteiger partial charge in [-0.2, -0.15) is 0 Å². The molecule has 3 amide bonds. The summed E-state index contributed by atoms with van der Waals surface area (Å²) in [6.45, 7) is -0.733. The summed E-state index contributed by atoms with van der Waals surface area (Å²) in [5.74, 6) is -1.78. The zero-order valence-corrected chi connectivity index (χ0v) is 16.3. The molecular weight excluding hydrogens is 433 g/mol. The van der Waals surface area contributed by atoms with Crippen molar-refractivity contribution in [3.63, 3.8) is 0 Å². The average molecular weight is 445 g/mol. The van der Waals surface area contributed by atoms with Gasteiger partial charge in [0.25, 0.3) is 16.8 Å². The van der Waals surface area contributed by atoms with E-state index < -0.39 is 34.3 Å². The number of nitrogens with zero attached hydrogens (tertiary/aromatic N) is 2. The molecule has 2 aliphatic heterocycles. The van der Waals surface area contributed by atoms with Gasteiger partial charge in [0.15, 0.2) is 11.5 Å². The molecule has 31 heavy (non-hydrogen) atoms. The minimum atomic E-state index is -0.800. The van der Waals surface area contributed by atoms with E-state index in [4.69, 9.17) is 9.47 Å². The van der Waals surface area contributed by atoms with Crippen LogP contribution in [0.25, 0.3) is 6.08 Å². The molecule has 0 bridgehead atoms. The highest BCUT2D eigenvalue weighted by molar-refractivity contribution is 8.18. The van der Waals surface area contributed by atoms with Gasteiger partial charge in [-0.3, -0.25) is 29.4 Å². The predicted molar refractivity (Wildman–Crippen MR) is 107 cm³/mol. The lowest BCUT2D eigenvalue weighted by Crippen LogP contribution is -2.36. The Bertz CT molecular complexity index is 1170. The zero-order chi connectivity index (χ0) is 22.1. The van der Waals surface area contributed by atoms with Gasteiger partial charge in [0.2, 0.25) is 12.7 Å². The van der Waals surface area contributed by atoms with Crippen molar-refractivity contribution in [2.75, 3.05) is 18.7 Å². The van der Waals surface area contributed by atoms with Crippen molar-refractivity contribution in [2.24, 2.45) is 0 Å². The van der Waals surface area contributed by atoms with Gasteiger partial charge >= 0.3 is 0 Å². The average Bonchev–Trinajstić information content (AvgIpc) is 3.28. The molecule has 1 N–H and O–H groups in total. The Morgan fingerprint density at radius 3 is 2.68 bits per heavy atom. The molecular formula is C19H12FN3O7S. The molecule has 158 valence electrons. The predicted octanol–water partition coefficient (Wildman–Crippen LogP) is 3.14. The summed E-state index contributed by atoms with van der Waals surface area (Å²) >= 11 is 0.532. The quantitative estimate of drug-likeness (QED) is 0.422. The topological polar surface area (TPSA) is 128 Å². The summed E-state index contributed by atoms with van der Waals surface area (Å²) in [6.07, 6.45) is 1.18. The number of fused-ring (bicyclic) bond motifs is 1. The number of hydrogen-bond donors (Lipinski definition) is 1. The monoisotopic (exact) mass is 445 g/mol. The van der Waals surface area contributed by atoms with E-state index in [-0.39, 0.29) is 40.1 Å². The number of para-hydroxylation sites is 1. The van der Waals surface area contributed by atoms with Gasteiger partial charge in [-0.1, -0.05) is 12.1 Å². The number of carbonyl (C=O) groups excluding carboxylic acids is 3. The van der Waals surface area contributed by atoms with E-state index in [1.807, 2.05) is 0 Å². The molecule has 0 spiro atoms. The molecule has 0 unspecified atom stereocenters. The van der Waals surface area contributed by atoms with Gasteiger partial charge in [-0.25, -0.2) is 4.39 Å². The van der Waals surface area contributed by atoms with E-state index in [0.717, 1.165) is 6.07 Å². The maximum Gasteiger partial charge on any atom is 0.294 e. The Balaban J connectivity index is 1.55. The minimum Gasteiger partial charge on any atom is -0.454 e. The van der Waals surface area contributed by atoms with E-state index >= 15 is 0 Å². The van der Waals surface area contributed by atoms with Gasteiger partial charge in [0.05, 0.1) is 27.1 Å². The van der Waals surface area contributed by atoms with Gasteiger partial charge in [-0.15, -0.1) is 0 Å². The molecule has 12 heteroatoms. The number of hydrogen-bond acceptors (Lipinski definition) is 8. The lowest BCUT2D eigenvalue weighted by Gasteiger charge is -2.12. The highest BCUT2D eigenvalue weighted by Crippen LogP contribution is 2.40. The van der Waals surface area contributed by atoms with E-state index in [0.29, 0.717) is 16.7 Å². The SMILES string of the molecule is O=C(CN1C(=O)S/C(=C\c2cc3c(cc2[N+](=O)[O-])OCO3)C1=O)Nc1ccccc1F. The molecule has 0 aromatic heterocycles. The number of carbonyl (C=O) groups is 3. The number of nitro benzene ring substituents is 1. The van der Waals surface area contributed by atoms with Crippen LogP contribution in [-0.2, 0) is 9.59 Å². The number of thioether (sulfide) groups is 1. The zero-order valence-electron chi connectivity index (χ0n) is 15.5. The third kappa shape index (κ3) is 4.05. The van der Waals surface area contributed by atoms with Gasteiger partial charge in [-0.05, 0) is 36.0 Å². The van der Waals surface area contributed by atoms with Crippen LogP contribution in [0.5, 0.6) is 11.5 Å². The van der Waals surface area contributed by atoms with Gasteiger partial charge in [0.1, 0.15) is 12.4 Å². The molecule has 1 saturated heterocycles. The molecule has 0 atom stereocenters. The largest absolute Gasteiger partial charge is 0.454 e. The number of nitro groups is 1. The Morgan fingerprint density at radius 1 is 1.26 bits per heavy atom. The van der Waals surface area contributed by atoms with E-state index in [1.165, 1.54) is 36.4 Å². The van der Waals surface area contributed by atoms with Crippen LogP contribution in [0.15, 0.2) is 41.3 Å². The lowest BCUT2D eigenvalue weighted by atomic mass is 10.1. The highest BCUT2D eigenvalue weighted by Gasteiger charge is 2.37. The number of ether oxygens (including phenoxy) is 2. The van der Waals surface area contributed by atoms with Gasteiger partial charge < -0.3 is 14.8 Å². The van der Waals surface area contributed by atoms with Crippen LogP contribution in [0, 0.1) is 15.9 Å². The number of rotatable bonds is 5. The van der Waals surface area contributed by atoms with Crippen LogP contribution in [0.3, 0.4) is 0 Å². The van der Waals surface area contributed by atoms with Crippen molar-refractivity contribution in [3.8, 4) is 11.5 Å². The fourth-order valence-electron chi connectivity index (χ4n) is 2.89. The Labute approximate surface area is 177 Å². The first-order valence-electron chi connectivity index (χ1n) is 8.71. The van der Waals surface area contributed by atoms with Crippen molar-refractivity contribution in [2.45, 2.75) is 0 Å². The third-order valence-electron chi connectivity index (χ3n) is 4.33. The number of amides is 3. The molecule has 2 aliphatic rings. The minimum absolute atomic E-state index is 0.0376. The summed E-state index contributed by atoms with van der Waals surface area (Å²) in [5, 5.41) is 12.9. The number of imide groups is 1. The number of halogens is 1. The normalized spacial score (nSPS) is 16.2. The van der Waals surface area contributed by atoms with Crippen LogP contribution in [0.1, 0.15) is 5.56 Å². The maximum atomic E-state index is 13.7. The summed E-state index contributed by atoms with van der Waals surface area (Å²) in [4.78, 5) is 48.3. The van der Waals surface area contributed by atoms with Crippen molar-refractivity contribution in [1.29, 1.82) is 0 Å². The summed E-state index contributed by atoms with van der Waals surface area (Å²) in [6, 6.07) is 7.94. The highest BCUT2D eigenvalue weighted by atomic mass is 32.2. The second-order valence-electron chi connectivity index (χ2n) is 6.32. The smallest absolute Gasteiger partial charge is 0.294 e. The number of nitrogens with one attached hydrogen (secondary N) is 1. The van der Waals surface area contributed by atoms with Crippen molar-refractivity contribution < 1.29 is 33.2 Å². The number of benzene rings is 2. The van der Waals surface area contributed by atoms with E-state index in [9.17, 15) is 28.9 Å². The Morgan fingerprint density at radius 2 is 1.97 bits per heavy atom. The van der Waals surface area contributed by atoms with Crippen molar-refractivity contribution >= 4 is 46.3 Å².